The van der Waals surface area contributed by atoms with Gasteiger partial charge in [0.05, 0.1) is 5.56 Å². The summed E-state index contributed by atoms with van der Waals surface area (Å²) in [5.41, 5.74) is 13.5. The first-order valence-corrected chi connectivity index (χ1v) is 4.78. The molecule has 0 unspecified atom stereocenters. The third-order valence-corrected chi connectivity index (χ3v) is 2.33. The van der Waals surface area contributed by atoms with Crippen LogP contribution in [0.15, 0.2) is 42.7 Å². The van der Waals surface area contributed by atoms with E-state index in [0.717, 1.165) is 11.1 Å². The highest BCUT2D eigenvalue weighted by Crippen LogP contribution is 2.22. The number of carbonyl (C=O) groups is 1. The Hall–Kier alpha value is -2.36. The zero-order valence-electron chi connectivity index (χ0n) is 8.55. The maximum Gasteiger partial charge on any atom is 0.250 e. The maximum absolute atomic E-state index is 11.1. The fourth-order valence-electron chi connectivity index (χ4n) is 1.49. The number of primary amides is 1. The molecule has 0 aliphatic heterocycles. The zero-order chi connectivity index (χ0) is 11.5. The Morgan fingerprint density at radius 2 is 1.75 bits per heavy atom. The predicted molar refractivity (Wildman–Crippen MR) is 62.6 cm³/mol. The van der Waals surface area contributed by atoms with E-state index >= 15 is 0 Å². The minimum Gasteiger partial charge on any atom is -0.398 e. The van der Waals surface area contributed by atoms with E-state index in [1.54, 1.807) is 24.5 Å². The van der Waals surface area contributed by atoms with Crippen molar-refractivity contribution in [2.24, 2.45) is 5.73 Å². The fraction of sp³-hybridized carbons (Fsp3) is 0. The number of nitrogens with two attached hydrogens (primary N) is 2. The van der Waals surface area contributed by atoms with Crippen molar-refractivity contribution in [2.45, 2.75) is 0 Å². The minimum absolute atomic E-state index is 0.342. The molecule has 0 spiro atoms. The summed E-state index contributed by atoms with van der Waals surface area (Å²) in [4.78, 5) is 15.1. The molecule has 80 valence electrons. The van der Waals surface area contributed by atoms with Crippen LogP contribution in [0.3, 0.4) is 0 Å². The number of hydrogen-bond donors (Lipinski definition) is 2. The summed E-state index contributed by atoms with van der Waals surface area (Å²) in [6.45, 7) is 0. The molecule has 0 radical (unpaired) electrons. The number of amides is 1. The van der Waals surface area contributed by atoms with Crippen molar-refractivity contribution in [1.82, 2.24) is 4.98 Å². The second-order valence-electron chi connectivity index (χ2n) is 3.40. The molecule has 0 bridgehead atoms. The van der Waals surface area contributed by atoms with E-state index in [1.807, 2.05) is 18.2 Å². The molecular weight excluding hydrogens is 202 g/mol. The van der Waals surface area contributed by atoms with E-state index in [0.29, 0.717) is 11.3 Å². The zero-order valence-corrected chi connectivity index (χ0v) is 8.55. The third-order valence-electron chi connectivity index (χ3n) is 2.33. The van der Waals surface area contributed by atoms with Crippen LogP contribution in [-0.2, 0) is 0 Å². The van der Waals surface area contributed by atoms with Crippen LogP contribution in [0.2, 0.25) is 0 Å². The SMILES string of the molecule is NC(=O)c1cc(-c2ccncc2)ccc1N. The van der Waals surface area contributed by atoms with Gasteiger partial charge in [0.15, 0.2) is 0 Å². The highest BCUT2D eigenvalue weighted by molar-refractivity contribution is 5.99. The lowest BCUT2D eigenvalue weighted by Crippen LogP contribution is -2.13. The molecule has 0 aliphatic carbocycles. The van der Waals surface area contributed by atoms with Gasteiger partial charge in [0.2, 0.25) is 0 Å². The molecule has 1 heterocycles. The van der Waals surface area contributed by atoms with Crippen LogP contribution in [0.5, 0.6) is 0 Å². The lowest BCUT2D eigenvalue weighted by molar-refractivity contribution is 0.100. The van der Waals surface area contributed by atoms with Crippen molar-refractivity contribution in [1.29, 1.82) is 0 Å². The Kier molecular flexibility index (Phi) is 2.55. The van der Waals surface area contributed by atoms with Gasteiger partial charge in [-0.2, -0.15) is 0 Å². The molecular formula is C12H11N3O. The van der Waals surface area contributed by atoms with Gasteiger partial charge in [-0.3, -0.25) is 9.78 Å². The van der Waals surface area contributed by atoms with Gasteiger partial charge in [-0.05, 0) is 35.4 Å². The Labute approximate surface area is 92.9 Å². The van der Waals surface area contributed by atoms with E-state index in [2.05, 4.69) is 4.98 Å². The molecule has 1 aromatic carbocycles. The number of nitrogen functional groups attached to an aromatic ring is 1. The highest BCUT2D eigenvalue weighted by Gasteiger charge is 2.07. The molecule has 1 aromatic heterocycles. The monoisotopic (exact) mass is 213 g/mol. The molecule has 1 amide bonds. The molecule has 0 saturated heterocycles. The van der Waals surface area contributed by atoms with Crippen molar-refractivity contribution < 1.29 is 4.79 Å². The molecule has 0 fully saturated rings. The molecule has 16 heavy (non-hydrogen) atoms. The first-order valence-electron chi connectivity index (χ1n) is 4.78. The summed E-state index contributed by atoms with van der Waals surface area (Å²) in [6, 6.07) is 8.92. The number of pyridine rings is 1. The normalized spacial score (nSPS) is 10.0. The molecule has 4 heteroatoms. The molecule has 2 aromatic rings. The second-order valence-corrected chi connectivity index (χ2v) is 3.40. The van der Waals surface area contributed by atoms with Crippen LogP contribution in [-0.4, -0.2) is 10.9 Å². The van der Waals surface area contributed by atoms with Crippen molar-refractivity contribution in [3.63, 3.8) is 0 Å². The summed E-state index contributed by atoms with van der Waals surface area (Å²) in [6.07, 6.45) is 3.38. The van der Waals surface area contributed by atoms with Gasteiger partial charge in [-0.1, -0.05) is 6.07 Å². The minimum atomic E-state index is -0.520. The lowest BCUT2D eigenvalue weighted by atomic mass is 10.0. The van der Waals surface area contributed by atoms with Crippen LogP contribution in [0, 0.1) is 0 Å². The number of nitrogens with zero attached hydrogens (tertiary/aromatic N) is 1. The number of rotatable bonds is 2. The quantitative estimate of drug-likeness (QED) is 0.740. The number of carbonyl (C=O) groups excluding carboxylic acids is 1. The van der Waals surface area contributed by atoms with Crippen molar-refractivity contribution in [3.05, 3.63) is 48.3 Å². The Balaban J connectivity index is 2.52. The van der Waals surface area contributed by atoms with Gasteiger partial charge in [-0.25, -0.2) is 0 Å². The standard InChI is InChI=1S/C12H11N3O/c13-11-2-1-9(7-10(11)12(14)16)8-3-5-15-6-4-8/h1-7H,13H2,(H2,14,16). The lowest BCUT2D eigenvalue weighted by Gasteiger charge is -2.05. The maximum atomic E-state index is 11.1. The third kappa shape index (κ3) is 1.86. The van der Waals surface area contributed by atoms with Crippen molar-refractivity contribution in [3.8, 4) is 11.1 Å². The van der Waals surface area contributed by atoms with E-state index in [-0.39, 0.29) is 0 Å². The van der Waals surface area contributed by atoms with Gasteiger partial charge in [-0.15, -0.1) is 0 Å². The fourth-order valence-corrected chi connectivity index (χ4v) is 1.49. The summed E-state index contributed by atoms with van der Waals surface area (Å²) in [7, 11) is 0. The predicted octanol–water partition coefficient (Wildman–Crippen LogP) is 1.43. The first kappa shape index (κ1) is 10.2. The molecule has 2 rings (SSSR count). The summed E-state index contributed by atoms with van der Waals surface area (Å²) in [5.74, 6) is -0.520. The van der Waals surface area contributed by atoms with Gasteiger partial charge in [0, 0.05) is 18.1 Å². The number of anilines is 1. The van der Waals surface area contributed by atoms with E-state index in [1.165, 1.54) is 0 Å². The van der Waals surface area contributed by atoms with E-state index < -0.39 is 5.91 Å². The van der Waals surface area contributed by atoms with Crippen LogP contribution in [0.25, 0.3) is 11.1 Å². The average molecular weight is 213 g/mol. The topological polar surface area (TPSA) is 82.0 Å². The Bertz CT molecular complexity index is 523. The van der Waals surface area contributed by atoms with Gasteiger partial charge >= 0.3 is 0 Å². The second kappa shape index (κ2) is 4.02. The Morgan fingerprint density at radius 1 is 1.06 bits per heavy atom. The number of hydrogen-bond acceptors (Lipinski definition) is 3. The van der Waals surface area contributed by atoms with Crippen molar-refractivity contribution >= 4 is 11.6 Å². The average Bonchev–Trinajstić information content (AvgIpc) is 2.30. The summed E-state index contributed by atoms with van der Waals surface area (Å²) >= 11 is 0. The van der Waals surface area contributed by atoms with Crippen LogP contribution in [0.1, 0.15) is 10.4 Å². The number of aromatic nitrogens is 1. The summed E-state index contributed by atoms with van der Waals surface area (Å²) in [5, 5.41) is 0. The molecule has 0 aliphatic rings. The number of benzene rings is 1. The van der Waals surface area contributed by atoms with E-state index in [4.69, 9.17) is 11.5 Å². The molecule has 0 saturated carbocycles. The van der Waals surface area contributed by atoms with E-state index in [9.17, 15) is 4.79 Å². The molecule has 4 N–H and O–H groups in total. The Morgan fingerprint density at radius 3 is 2.38 bits per heavy atom. The van der Waals surface area contributed by atoms with Crippen LogP contribution >= 0.6 is 0 Å². The van der Waals surface area contributed by atoms with Crippen molar-refractivity contribution in [2.75, 3.05) is 5.73 Å². The smallest absolute Gasteiger partial charge is 0.250 e. The van der Waals surface area contributed by atoms with Gasteiger partial charge in [0.1, 0.15) is 0 Å². The summed E-state index contributed by atoms with van der Waals surface area (Å²) < 4.78 is 0. The molecule has 4 nitrogen and oxygen atoms in total. The van der Waals surface area contributed by atoms with Gasteiger partial charge in [0.25, 0.3) is 5.91 Å². The largest absolute Gasteiger partial charge is 0.398 e. The van der Waals surface area contributed by atoms with Crippen LogP contribution < -0.4 is 11.5 Å². The molecule has 0 atom stereocenters. The van der Waals surface area contributed by atoms with Gasteiger partial charge < -0.3 is 11.5 Å². The first-order chi connectivity index (χ1) is 7.68. The highest BCUT2D eigenvalue weighted by atomic mass is 16.1. The van der Waals surface area contributed by atoms with Crippen LogP contribution in [0.4, 0.5) is 5.69 Å².